The molecule has 0 aliphatic carbocycles. The van der Waals surface area contributed by atoms with E-state index in [1.54, 1.807) is 17.8 Å². The van der Waals surface area contributed by atoms with Crippen LogP contribution in [0.2, 0.25) is 0 Å². The smallest absolute Gasteiger partial charge is 0.147 e. The van der Waals surface area contributed by atoms with Gasteiger partial charge in [-0.3, -0.25) is 4.79 Å². The highest BCUT2D eigenvalue weighted by atomic mass is 79.9. The molecule has 0 radical (unpaired) electrons. The van der Waals surface area contributed by atoms with Gasteiger partial charge in [0.2, 0.25) is 0 Å². The molecular weight excluding hydrogens is 303 g/mol. The van der Waals surface area contributed by atoms with Crippen LogP contribution in [0.4, 0.5) is 4.39 Å². The second-order valence-electron chi connectivity index (χ2n) is 3.98. The summed E-state index contributed by atoms with van der Waals surface area (Å²) in [5, 5.41) is 0.510. The molecule has 94 valence electrons. The van der Waals surface area contributed by atoms with Gasteiger partial charge in [-0.05, 0) is 24.1 Å². The third kappa shape index (κ3) is 5.21. The van der Waals surface area contributed by atoms with Gasteiger partial charge >= 0.3 is 0 Å². The fraction of sp³-hybridized carbons (Fsp3) is 0.462. The molecule has 1 unspecified atom stereocenters. The number of rotatable bonds is 6. The third-order valence-corrected chi connectivity index (χ3v) is 4.64. The first kappa shape index (κ1) is 14.7. The van der Waals surface area contributed by atoms with Crippen LogP contribution in [-0.2, 0) is 11.2 Å². The highest BCUT2D eigenvalue weighted by Crippen LogP contribution is 2.20. The van der Waals surface area contributed by atoms with E-state index in [1.807, 2.05) is 0 Å². The van der Waals surface area contributed by atoms with Gasteiger partial charge in [0, 0.05) is 16.1 Å². The predicted molar refractivity (Wildman–Crippen MR) is 75.0 cm³/mol. The first-order valence-corrected chi connectivity index (χ1v) is 7.44. The molecule has 0 N–H and O–H groups in total. The fourth-order valence-electron chi connectivity index (χ4n) is 1.28. The number of Topliss-reactive ketones (excluding diaryl/α,β-unsaturated/α-hetero) is 1. The van der Waals surface area contributed by atoms with Crippen LogP contribution in [0, 0.1) is 5.82 Å². The van der Waals surface area contributed by atoms with Gasteiger partial charge in [0.25, 0.3) is 0 Å². The van der Waals surface area contributed by atoms with Crippen LogP contribution < -0.4 is 0 Å². The Morgan fingerprint density at radius 1 is 1.53 bits per heavy atom. The maximum absolute atomic E-state index is 12.9. The maximum Gasteiger partial charge on any atom is 0.147 e. The van der Waals surface area contributed by atoms with Crippen LogP contribution in [0.15, 0.2) is 22.7 Å². The molecule has 1 atom stereocenters. The summed E-state index contributed by atoms with van der Waals surface area (Å²) < 4.78 is 13.5. The third-order valence-electron chi connectivity index (χ3n) is 2.51. The van der Waals surface area contributed by atoms with Crippen molar-refractivity contribution in [2.45, 2.75) is 31.9 Å². The zero-order valence-corrected chi connectivity index (χ0v) is 12.4. The molecular formula is C13H16BrFOS. The molecule has 0 amide bonds. The van der Waals surface area contributed by atoms with Crippen molar-refractivity contribution >= 4 is 33.5 Å². The number of carbonyl (C=O) groups excluding carboxylic acids is 1. The zero-order valence-electron chi connectivity index (χ0n) is 10.0. The summed E-state index contributed by atoms with van der Waals surface area (Å²) in [6, 6.07) is 4.44. The number of thioether (sulfide) groups is 1. The van der Waals surface area contributed by atoms with Crippen molar-refractivity contribution < 1.29 is 9.18 Å². The van der Waals surface area contributed by atoms with Crippen LogP contribution in [0.5, 0.6) is 0 Å². The van der Waals surface area contributed by atoms with E-state index in [2.05, 4.69) is 29.8 Å². The Balaban J connectivity index is 2.50. The van der Waals surface area contributed by atoms with Gasteiger partial charge in [-0.25, -0.2) is 4.39 Å². The van der Waals surface area contributed by atoms with Gasteiger partial charge in [0.1, 0.15) is 11.6 Å². The Morgan fingerprint density at radius 3 is 2.82 bits per heavy atom. The quantitative estimate of drug-likeness (QED) is 0.780. The molecule has 4 heteroatoms. The van der Waals surface area contributed by atoms with Gasteiger partial charge in [-0.2, -0.15) is 11.8 Å². The van der Waals surface area contributed by atoms with E-state index in [9.17, 15) is 9.18 Å². The second-order valence-corrected chi connectivity index (χ2v) is 6.26. The van der Waals surface area contributed by atoms with Gasteiger partial charge in [-0.1, -0.05) is 35.8 Å². The molecule has 0 heterocycles. The lowest BCUT2D eigenvalue weighted by Gasteiger charge is -2.08. The van der Waals surface area contributed by atoms with E-state index < -0.39 is 0 Å². The lowest BCUT2D eigenvalue weighted by Crippen LogP contribution is -2.09. The van der Waals surface area contributed by atoms with Crippen LogP contribution >= 0.6 is 27.7 Å². The molecule has 0 bridgehead atoms. The Kier molecular flexibility index (Phi) is 6.20. The van der Waals surface area contributed by atoms with Crippen LogP contribution in [0.1, 0.15) is 25.8 Å². The summed E-state index contributed by atoms with van der Waals surface area (Å²) in [6.07, 6.45) is 1.43. The first-order chi connectivity index (χ1) is 8.02. The van der Waals surface area contributed by atoms with Gasteiger partial charge in [-0.15, -0.1) is 0 Å². The topological polar surface area (TPSA) is 17.1 Å². The summed E-state index contributed by atoms with van der Waals surface area (Å²) >= 11 is 4.94. The lowest BCUT2D eigenvalue weighted by atomic mass is 10.1. The van der Waals surface area contributed by atoms with Gasteiger partial charge < -0.3 is 0 Å². The molecule has 17 heavy (non-hydrogen) atoms. The summed E-state index contributed by atoms with van der Waals surface area (Å²) in [6.45, 7) is 4.23. The van der Waals surface area contributed by atoms with Crippen LogP contribution in [-0.4, -0.2) is 16.8 Å². The average Bonchev–Trinajstić information content (AvgIpc) is 2.29. The van der Waals surface area contributed by atoms with Crippen LogP contribution in [0.25, 0.3) is 0 Å². The number of halogens is 2. The van der Waals surface area contributed by atoms with E-state index in [1.165, 1.54) is 12.1 Å². The van der Waals surface area contributed by atoms with E-state index in [0.29, 0.717) is 21.9 Å². The van der Waals surface area contributed by atoms with E-state index in [-0.39, 0.29) is 11.6 Å². The molecule has 0 saturated carbocycles. The van der Waals surface area contributed by atoms with Crippen molar-refractivity contribution in [3.8, 4) is 0 Å². The molecule has 0 fully saturated rings. The number of carbonyl (C=O) groups is 1. The van der Waals surface area contributed by atoms with Crippen LogP contribution in [0.3, 0.4) is 0 Å². The Bertz CT molecular complexity index is 395. The standard InChI is InChI=1S/C13H16BrFOS/c1-3-9(2)17-8-12(16)6-10-4-5-11(15)7-13(10)14/h4-5,7,9H,3,6,8H2,1-2H3. The molecule has 1 aromatic carbocycles. The Morgan fingerprint density at radius 2 is 2.24 bits per heavy atom. The van der Waals surface area contributed by atoms with Crippen molar-refractivity contribution in [1.82, 2.24) is 0 Å². The normalized spacial score (nSPS) is 12.5. The molecule has 0 aliphatic rings. The van der Waals surface area contributed by atoms with E-state index in [4.69, 9.17) is 0 Å². The molecule has 0 aromatic heterocycles. The van der Waals surface area contributed by atoms with Gasteiger partial charge in [0.15, 0.2) is 0 Å². The largest absolute Gasteiger partial charge is 0.298 e. The monoisotopic (exact) mass is 318 g/mol. The maximum atomic E-state index is 12.9. The Labute approximate surface area is 114 Å². The summed E-state index contributed by atoms with van der Waals surface area (Å²) in [7, 11) is 0. The first-order valence-electron chi connectivity index (χ1n) is 5.60. The second kappa shape index (κ2) is 7.17. The molecule has 0 spiro atoms. The highest BCUT2D eigenvalue weighted by Gasteiger charge is 2.09. The number of benzene rings is 1. The summed E-state index contributed by atoms with van der Waals surface area (Å²) in [5.74, 6) is 0.420. The minimum atomic E-state index is -0.290. The summed E-state index contributed by atoms with van der Waals surface area (Å²) in [4.78, 5) is 11.7. The molecule has 1 aromatic rings. The van der Waals surface area contributed by atoms with Crippen molar-refractivity contribution in [2.24, 2.45) is 0 Å². The van der Waals surface area contributed by atoms with Crippen molar-refractivity contribution in [2.75, 3.05) is 5.75 Å². The SMILES string of the molecule is CCC(C)SCC(=O)Cc1ccc(F)cc1Br. The fourth-order valence-corrected chi connectivity index (χ4v) is 2.58. The minimum absolute atomic E-state index is 0.183. The predicted octanol–water partition coefficient (Wildman–Crippen LogP) is 4.23. The molecule has 1 rings (SSSR count). The molecule has 1 nitrogen and oxygen atoms in total. The average molecular weight is 319 g/mol. The van der Waals surface area contributed by atoms with Crippen molar-refractivity contribution in [1.29, 1.82) is 0 Å². The van der Waals surface area contributed by atoms with Crippen molar-refractivity contribution in [3.05, 3.63) is 34.1 Å². The minimum Gasteiger partial charge on any atom is -0.298 e. The van der Waals surface area contributed by atoms with Gasteiger partial charge in [0.05, 0.1) is 5.75 Å². The van der Waals surface area contributed by atoms with Crippen molar-refractivity contribution in [3.63, 3.8) is 0 Å². The molecule has 0 saturated heterocycles. The summed E-state index contributed by atoms with van der Waals surface area (Å²) in [5.41, 5.74) is 0.848. The van der Waals surface area contributed by atoms with E-state index >= 15 is 0 Å². The molecule has 0 aliphatic heterocycles. The lowest BCUT2D eigenvalue weighted by molar-refractivity contribution is -0.116. The number of hydrogen-bond acceptors (Lipinski definition) is 2. The highest BCUT2D eigenvalue weighted by molar-refractivity contribution is 9.10. The number of hydrogen-bond donors (Lipinski definition) is 0. The Hall–Kier alpha value is -0.350. The zero-order chi connectivity index (χ0) is 12.8. The van der Waals surface area contributed by atoms with E-state index in [0.717, 1.165) is 12.0 Å². The number of ketones is 1.